The van der Waals surface area contributed by atoms with Gasteiger partial charge in [0.15, 0.2) is 0 Å². The summed E-state index contributed by atoms with van der Waals surface area (Å²) in [6.45, 7) is 0. The quantitative estimate of drug-likeness (QED) is 0.617. The van der Waals surface area contributed by atoms with Gasteiger partial charge in [-0.3, -0.25) is 4.79 Å². The monoisotopic (exact) mass is 234 g/mol. The maximum absolute atomic E-state index is 10.7. The zero-order chi connectivity index (χ0) is 12.4. The zero-order valence-electron chi connectivity index (χ0n) is 9.13. The molecule has 90 valence electrons. The molecule has 2 aromatic rings. The number of carbonyl (C=O) groups is 1. The summed E-state index contributed by atoms with van der Waals surface area (Å²) in [5.74, 6) is -0.641. The van der Waals surface area contributed by atoms with Crippen LogP contribution in [0.25, 0.3) is 10.9 Å². The average Bonchev–Trinajstić information content (AvgIpc) is 2.74. The first-order valence-electron chi connectivity index (χ1n) is 5.30. The number of amides is 1. The number of aromatic nitrogens is 1. The Balaban J connectivity index is 2.32. The standard InChI is InChI=1S/C12H14N2O3/c13-11(16)6-10(15)12(17)8-2-1-3-9-7(8)4-5-14-9/h1-5,10,12,14-15,17H,6H2,(H2,13,16). The summed E-state index contributed by atoms with van der Waals surface area (Å²) in [6.07, 6.45) is -0.821. The number of nitrogens with two attached hydrogens (primary N) is 1. The Morgan fingerprint density at radius 3 is 2.82 bits per heavy atom. The molecule has 0 aliphatic rings. The lowest BCUT2D eigenvalue weighted by Crippen LogP contribution is -2.25. The highest BCUT2D eigenvalue weighted by Gasteiger charge is 2.22. The summed E-state index contributed by atoms with van der Waals surface area (Å²) in [4.78, 5) is 13.7. The van der Waals surface area contributed by atoms with Crippen LogP contribution in [-0.4, -0.2) is 27.2 Å². The van der Waals surface area contributed by atoms with Crippen molar-refractivity contribution in [1.29, 1.82) is 0 Å². The van der Waals surface area contributed by atoms with Crippen LogP contribution in [0.15, 0.2) is 30.5 Å². The normalized spacial score (nSPS) is 14.7. The minimum absolute atomic E-state index is 0.262. The van der Waals surface area contributed by atoms with Gasteiger partial charge >= 0.3 is 0 Å². The second-order valence-electron chi connectivity index (χ2n) is 3.97. The number of aliphatic hydroxyl groups is 2. The van der Waals surface area contributed by atoms with Crippen molar-refractivity contribution in [3.8, 4) is 0 Å². The molecule has 0 spiro atoms. The first-order chi connectivity index (χ1) is 8.09. The van der Waals surface area contributed by atoms with E-state index >= 15 is 0 Å². The molecule has 2 atom stereocenters. The molecule has 0 saturated carbocycles. The Labute approximate surface area is 97.9 Å². The average molecular weight is 234 g/mol. The second-order valence-corrected chi connectivity index (χ2v) is 3.97. The lowest BCUT2D eigenvalue weighted by atomic mass is 9.99. The molecule has 1 heterocycles. The van der Waals surface area contributed by atoms with Gasteiger partial charge in [0.1, 0.15) is 6.10 Å². The summed E-state index contributed by atoms with van der Waals surface area (Å²) in [5, 5.41) is 20.5. The van der Waals surface area contributed by atoms with Gasteiger partial charge in [0.05, 0.1) is 12.5 Å². The minimum atomic E-state index is -1.19. The fraction of sp³-hybridized carbons (Fsp3) is 0.250. The van der Waals surface area contributed by atoms with Crippen LogP contribution in [0.5, 0.6) is 0 Å². The fourth-order valence-electron chi connectivity index (χ4n) is 1.89. The Morgan fingerprint density at radius 1 is 1.35 bits per heavy atom. The first kappa shape index (κ1) is 11.6. The van der Waals surface area contributed by atoms with E-state index in [-0.39, 0.29) is 6.42 Å². The molecule has 0 bridgehead atoms. The van der Waals surface area contributed by atoms with Crippen LogP contribution in [0, 0.1) is 0 Å². The number of carbonyl (C=O) groups excluding carboxylic acids is 1. The van der Waals surface area contributed by atoms with Crippen molar-refractivity contribution in [2.24, 2.45) is 5.73 Å². The summed E-state index contributed by atoms with van der Waals surface area (Å²) >= 11 is 0. The molecule has 0 aliphatic carbocycles. The fourth-order valence-corrected chi connectivity index (χ4v) is 1.89. The van der Waals surface area contributed by atoms with Gasteiger partial charge in [-0.1, -0.05) is 12.1 Å². The van der Waals surface area contributed by atoms with E-state index < -0.39 is 18.1 Å². The third kappa shape index (κ3) is 2.30. The van der Waals surface area contributed by atoms with Crippen LogP contribution in [0.2, 0.25) is 0 Å². The molecule has 0 fully saturated rings. The molecule has 5 heteroatoms. The number of nitrogens with one attached hydrogen (secondary N) is 1. The molecule has 5 nitrogen and oxygen atoms in total. The van der Waals surface area contributed by atoms with Crippen LogP contribution in [0.3, 0.4) is 0 Å². The lowest BCUT2D eigenvalue weighted by molar-refractivity contribution is -0.121. The summed E-state index contributed by atoms with van der Waals surface area (Å²) in [7, 11) is 0. The molecule has 17 heavy (non-hydrogen) atoms. The molecule has 5 N–H and O–H groups in total. The van der Waals surface area contributed by atoms with Gasteiger partial charge < -0.3 is 20.9 Å². The molecule has 2 unspecified atom stereocenters. The van der Waals surface area contributed by atoms with E-state index in [0.717, 1.165) is 10.9 Å². The third-order valence-corrected chi connectivity index (χ3v) is 2.72. The van der Waals surface area contributed by atoms with Crippen LogP contribution in [0.4, 0.5) is 0 Å². The molecular weight excluding hydrogens is 220 g/mol. The van der Waals surface area contributed by atoms with E-state index in [1.807, 2.05) is 12.1 Å². The number of aromatic amines is 1. The van der Waals surface area contributed by atoms with Crippen molar-refractivity contribution >= 4 is 16.8 Å². The van der Waals surface area contributed by atoms with E-state index in [4.69, 9.17) is 5.73 Å². The van der Waals surface area contributed by atoms with Crippen molar-refractivity contribution < 1.29 is 15.0 Å². The van der Waals surface area contributed by atoms with Gasteiger partial charge in [-0.2, -0.15) is 0 Å². The Bertz CT molecular complexity index is 535. The van der Waals surface area contributed by atoms with Gasteiger partial charge in [0.25, 0.3) is 0 Å². The zero-order valence-corrected chi connectivity index (χ0v) is 9.13. The summed E-state index contributed by atoms with van der Waals surface area (Å²) in [6, 6.07) is 7.16. The number of benzene rings is 1. The molecule has 0 radical (unpaired) electrons. The Morgan fingerprint density at radius 2 is 2.12 bits per heavy atom. The summed E-state index contributed by atoms with van der Waals surface area (Å²) < 4.78 is 0. The highest BCUT2D eigenvalue weighted by Crippen LogP contribution is 2.26. The number of rotatable bonds is 4. The predicted octanol–water partition coefficient (Wildman–Crippen LogP) is 0.438. The highest BCUT2D eigenvalue weighted by atomic mass is 16.3. The van der Waals surface area contributed by atoms with E-state index in [9.17, 15) is 15.0 Å². The molecule has 0 aliphatic heterocycles. The number of aliphatic hydroxyl groups excluding tert-OH is 2. The topological polar surface area (TPSA) is 99.3 Å². The Hall–Kier alpha value is -1.85. The lowest BCUT2D eigenvalue weighted by Gasteiger charge is -2.17. The number of hydrogen-bond acceptors (Lipinski definition) is 3. The van der Waals surface area contributed by atoms with Crippen LogP contribution in [0.1, 0.15) is 18.1 Å². The van der Waals surface area contributed by atoms with Crippen molar-refractivity contribution in [2.75, 3.05) is 0 Å². The number of hydrogen-bond donors (Lipinski definition) is 4. The maximum atomic E-state index is 10.7. The number of H-pyrrole nitrogens is 1. The first-order valence-corrected chi connectivity index (χ1v) is 5.30. The Kier molecular flexibility index (Phi) is 3.12. The predicted molar refractivity (Wildman–Crippen MR) is 63.1 cm³/mol. The molecule has 0 saturated heterocycles. The van der Waals surface area contributed by atoms with E-state index in [1.54, 1.807) is 18.3 Å². The van der Waals surface area contributed by atoms with Crippen molar-refractivity contribution in [3.05, 3.63) is 36.0 Å². The molecule has 2 rings (SSSR count). The third-order valence-electron chi connectivity index (χ3n) is 2.72. The van der Waals surface area contributed by atoms with Crippen LogP contribution >= 0.6 is 0 Å². The molecule has 1 aromatic heterocycles. The SMILES string of the molecule is NC(=O)CC(O)C(O)c1cccc2[nH]ccc12. The van der Waals surface area contributed by atoms with Gasteiger partial charge in [0, 0.05) is 17.1 Å². The summed E-state index contributed by atoms with van der Waals surface area (Å²) in [5.41, 5.74) is 6.44. The molecular formula is C12H14N2O3. The minimum Gasteiger partial charge on any atom is -0.390 e. The maximum Gasteiger partial charge on any atom is 0.220 e. The van der Waals surface area contributed by atoms with Gasteiger partial charge in [0.2, 0.25) is 5.91 Å². The van der Waals surface area contributed by atoms with Crippen LogP contribution in [-0.2, 0) is 4.79 Å². The molecule has 1 amide bonds. The van der Waals surface area contributed by atoms with Gasteiger partial charge in [-0.25, -0.2) is 0 Å². The van der Waals surface area contributed by atoms with E-state index in [2.05, 4.69) is 4.98 Å². The molecule has 1 aromatic carbocycles. The second kappa shape index (κ2) is 4.57. The largest absolute Gasteiger partial charge is 0.390 e. The van der Waals surface area contributed by atoms with Crippen molar-refractivity contribution in [3.63, 3.8) is 0 Å². The van der Waals surface area contributed by atoms with E-state index in [1.165, 1.54) is 0 Å². The van der Waals surface area contributed by atoms with Crippen molar-refractivity contribution in [2.45, 2.75) is 18.6 Å². The van der Waals surface area contributed by atoms with Crippen LogP contribution < -0.4 is 5.73 Å². The number of fused-ring (bicyclic) bond motifs is 1. The van der Waals surface area contributed by atoms with Crippen molar-refractivity contribution in [1.82, 2.24) is 4.98 Å². The smallest absolute Gasteiger partial charge is 0.220 e. The highest BCUT2D eigenvalue weighted by molar-refractivity contribution is 5.83. The number of primary amides is 1. The van der Waals surface area contributed by atoms with Gasteiger partial charge in [-0.15, -0.1) is 0 Å². The van der Waals surface area contributed by atoms with Gasteiger partial charge in [-0.05, 0) is 17.7 Å². The van der Waals surface area contributed by atoms with E-state index in [0.29, 0.717) is 5.56 Å².